The molecule has 1 saturated carbocycles. The van der Waals surface area contributed by atoms with Gasteiger partial charge in [0.05, 0.1) is 4.34 Å². The monoisotopic (exact) mass is 485 g/mol. The lowest BCUT2D eigenvalue weighted by Gasteiger charge is -2.29. The number of methoxy groups -OCH3 is 1. The molecule has 1 heterocycles. The number of nitrogens with zero attached hydrogens (tertiary/aromatic N) is 1. The Morgan fingerprint density at radius 2 is 2.08 bits per heavy atom. The van der Waals surface area contributed by atoms with Gasteiger partial charge in [0.15, 0.2) is 5.96 Å². The lowest BCUT2D eigenvalue weighted by molar-refractivity contribution is 0.138. The van der Waals surface area contributed by atoms with Crippen molar-refractivity contribution in [3.63, 3.8) is 0 Å². The second-order valence-corrected chi connectivity index (χ2v) is 8.06. The second-order valence-electron chi connectivity index (χ2n) is 6.26. The average molecular weight is 486 g/mol. The molecule has 138 valence electrons. The van der Waals surface area contributed by atoms with Gasteiger partial charge in [-0.05, 0) is 43.2 Å². The topological polar surface area (TPSA) is 45.7 Å². The first-order valence-corrected chi connectivity index (χ1v) is 9.54. The van der Waals surface area contributed by atoms with Crippen LogP contribution in [0.1, 0.15) is 37.0 Å². The van der Waals surface area contributed by atoms with Gasteiger partial charge in [0, 0.05) is 38.7 Å². The van der Waals surface area contributed by atoms with Gasteiger partial charge >= 0.3 is 0 Å². The van der Waals surface area contributed by atoms with E-state index in [1.54, 1.807) is 18.4 Å². The third-order valence-electron chi connectivity index (χ3n) is 4.65. The third kappa shape index (κ3) is 7.06. The predicted octanol–water partition coefficient (Wildman–Crippen LogP) is 4.32. The molecule has 1 aliphatic rings. The number of thiophene rings is 1. The molecular weight excluding hydrogens is 457 g/mol. The van der Waals surface area contributed by atoms with Gasteiger partial charge < -0.3 is 15.4 Å². The van der Waals surface area contributed by atoms with Crippen LogP contribution in [0, 0.1) is 5.41 Å². The Kier molecular flexibility index (Phi) is 10.6. The quantitative estimate of drug-likeness (QED) is 0.327. The minimum atomic E-state index is 0. The van der Waals surface area contributed by atoms with Crippen molar-refractivity contribution >= 4 is 52.9 Å². The van der Waals surface area contributed by atoms with Crippen LogP contribution in [0.3, 0.4) is 0 Å². The number of guanidine groups is 1. The molecule has 1 aromatic rings. The molecule has 0 bridgehead atoms. The highest BCUT2D eigenvalue weighted by atomic mass is 127. The first-order chi connectivity index (χ1) is 11.2. The number of nitrogens with one attached hydrogen (secondary N) is 2. The third-order valence-corrected chi connectivity index (χ3v) is 5.94. The predicted molar refractivity (Wildman–Crippen MR) is 115 cm³/mol. The molecule has 0 aliphatic heterocycles. The molecule has 2 N–H and O–H groups in total. The highest BCUT2D eigenvalue weighted by molar-refractivity contribution is 14.0. The highest BCUT2D eigenvalue weighted by Gasteiger charge is 2.33. The van der Waals surface area contributed by atoms with Crippen LogP contribution in [-0.2, 0) is 11.2 Å². The molecule has 0 radical (unpaired) electrons. The maximum atomic E-state index is 5.96. The summed E-state index contributed by atoms with van der Waals surface area (Å²) in [6.45, 7) is 2.68. The zero-order valence-corrected chi connectivity index (χ0v) is 18.5. The molecule has 0 atom stereocenters. The Labute approximate surface area is 171 Å². The van der Waals surface area contributed by atoms with Gasteiger partial charge in [0.1, 0.15) is 0 Å². The summed E-state index contributed by atoms with van der Waals surface area (Å²) in [6.07, 6.45) is 7.32. The molecule has 0 saturated heterocycles. The largest absolute Gasteiger partial charge is 0.385 e. The van der Waals surface area contributed by atoms with Gasteiger partial charge in [-0.3, -0.25) is 4.99 Å². The van der Waals surface area contributed by atoms with E-state index in [0.29, 0.717) is 5.41 Å². The number of rotatable bonds is 8. The first kappa shape index (κ1) is 22.0. The Bertz CT molecular complexity index is 504. The summed E-state index contributed by atoms with van der Waals surface area (Å²) in [5.41, 5.74) is 0.370. The van der Waals surface area contributed by atoms with E-state index in [9.17, 15) is 0 Å². The molecule has 4 nitrogen and oxygen atoms in total. The lowest BCUT2D eigenvalue weighted by Crippen LogP contribution is -2.43. The minimum absolute atomic E-state index is 0. The van der Waals surface area contributed by atoms with E-state index in [-0.39, 0.29) is 24.0 Å². The zero-order valence-electron chi connectivity index (χ0n) is 14.6. The molecule has 1 aliphatic carbocycles. The fourth-order valence-corrected chi connectivity index (χ4v) is 4.33. The molecule has 0 spiro atoms. The summed E-state index contributed by atoms with van der Waals surface area (Å²) >= 11 is 7.60. The van der Waals surface area contributed by atoms with Crippen molar-refractivity contribution in [1.29, 1.82) is 0 Å². The summed E-state index contributed by atoms with van der Waals surface area (Å²) in [6, 6.07) is 4.04. The number of halogens is 2. The molecule has 24 heavy (non-hydrogen) atoms. The maximum Gasteiger partial charge on any atom is 0.191 e. The molecule has 2 rings (SSSR count). The van der Waals surface area contributed by atoms with E-state index in [1.807, 2.05) is 13.1 Å². The van der Waals surface area contributed by atoms with E-state index >= 15 is 0 Å². The number of hydrogen-bond donors (Lipinski definition) is 2. The fourth-order valence-electron chi connectivity index (χ4n) is 3.24. The van der Waals surface area contributed by atoms with Gasteiger partial charge in [0.25, 0.3) is 0 Å². The molecule has 0 aromatic carbocycles. The Morgan fingerprint density at radius 3 is 2.67 bits per heavy atom. The SMILES string of the molecule is CN=C(NCCc1ccc(Cl)s1)NCC1(CCOC)CCCC1.I. The summed E-state index contributed by atoms with van der Waals surface area (Å²) in [5, 5.41) is 6.91. The summed E-state index contributed by atoms with van der Waals surface area (Å²) in [5.74, 6) is 0.886. The molecule has 7 heteroatoms. The van der Waals surface area contributed by atoms with Gasteiger partial charge in [-0.1, -0.05) is 24.4 Å². The lowest BCUT2D eigenvalue weighted by atomic mass is 9.83. The van der Waals surface area contributed by atoms with Crippen molar-refractivity contribution in [1.82, 2.24) is 10.6 Å². The molecule has 1 aromatic heterocycles. The number of ether oxygens (including phenoxy) is 1. The zero-order chi connectivity index (χ0) is 16.5. The van der Waals surface area contributed by atoms with Crippen LogP contribution in [0.5, 0.6) is 0 Å². The number of hydrogen-bond acceptors (Lipinski definition) is 3. The van der Waals surface area contributed by atoms with Gasteiger partial charge in [-0.2, -0.15) is 0 Å². The number of aliphatic imine (C=N–C) groups is 1. The van der Waals surface area contributed by atoms with Gasteiger partial charge in [-0.15, -0.1) is 35.3 Å². The standard InChI is InChI=1S/C17H28ClN3OS.HI/c1-19-16(20-11-7-14-5-6-15(18)23-14)21-13-17(10-12-22-2)8-3-4-9-17;/h5-6H,3-4,7-13H2,1-2H3,(H2,19,20,21);1H. The van der Waals surface area contributed by atoms with Crippen molar-refractivity contribution in [3.05, 3.63) is 21.3 Å². The van der Waals surface area contributed by atoms with E-state index in [4.69, 9.17) is 16.3 Å². The molecule has 1 fully saturated rings. The fraction of sp³-hybridized carbons (Fsp3) is 0.706. The van der Waals surface area contributed by atoms with Crippen LogP contribution in [0.2, 0.25) is 4.34 Å². The first-order valence-electron chi connectivity index (χ1n) is 8.35. The van der Waals surface area contributed by atoms with E-state index < -0.39 is 0 Å². The van der Waals surface area contributed by atoms with E-state index in [0.717, 1.165) is 42.8 Å². The molecule has 0 unspecified atom stereocenters. The van der Waals surface area contributed by atoms with E-state index in [2.05, 4.69) is 21.7 Å². The average Bonchev–Trinajstić information content (AvgIpc) is 3.18. The molecule has 0 amide bonds. The van der Waals surface area contributed by atoms with Crippen molar-refractivity contribution in [2.24, 2.45) is 10.4 Å². The van der Waals surface area contributed by atoms with Crippen LogP contribution in [0.25, 0.3) is 0 Å². The van der Waals surface area contributed by atoms with Gasteiger partial charge in [0.2, 0.25) is 0 Å². The Balaban J connectivity index is 0.00000288. The second kappa shape index (κ2) is 11.5. The smallest absolute Gasteiger partial charge is 0.191 e. The summed E-state index contributed by atoms with van der Waals surface area (Å²) < 4.78 is 6.15. The van der Waals surface area contributed by atoms with Crippen LogP contribution in [0.4, 0.5) is 0 Å². The van der Waals surface area contributed by atoms with Crippen molar-refractivity contribution in [2.45, 2.75) is 38.5 Å². The van der Waals surface area contributed by atoms with Crippen LogP contribution < -0.4 is 10.6 Å². The molecular formula is C17H29ClIN3OS. The Hall–Kier alpha value is -0.0500. The summed E-state index contributed by atoms with van der Waals surface area (Å²) in [7, 11) is 3.61. The maximum absolute atomic E-state index is 5.96. The highest BCUT2D eigenvalue weighted by Crippen LogP contribution is 2.40. The van der Waals surface area contributed by atoms with Crippen LogP contribution in [0.15, 0.2) is 17.1 Å². The van der Waals surface area contributed by atoms with Crippen molar-refractivity contribution < 1.29 is 4.74 Å². The Morgan fingerprint density at radius 1 is 1.33 bits per heavy atom. The summed E-state index contributed by atoms with van der Waals surface area (Å²) in [4.78, 5) is 5.63. The van der Waals surface area contributed by atoms with Crippen LogP contribution in [-0.4, -0.2) is 39.8 Å². The van der Waals surface area contributed by atoms with Crippen molar-refractivity contribution in [3.8, 4) is 0 Å². The normalized spacial score (nSPS) is 16.7. The van der Waals surface area contributed by atoms with Gasteiger partial charge in [-0.25, -0.2) is 0 Å². The van der Waals surface area contributed by atoms with Crippen molar-refractivity contribution in [2.75, 3.05) is 33.9 Å². The minimum Gasteiger partial charge on any atom is -0.385 e. The van der Waals surface area contributed by atoms with E-state index in [1.165, 1.54) is 30.6 Å². The van der Waals surface area contributed by atoms with Crippen LogP contribution >= 0.6 is 46.9 Å².